The van der Waals surface area contributed by atoms with Crippen molar-refractivity contribution in [1.29, 1.82) is 5.26 Å². The summed E-state index contributed by atoms with van der Waals surface area (Å²) in [6, 6.07) is 12.2. The highest BCUT2D eigenvalue weighted by molar-refractivity contribution is 5.54. The van der Waals surface area contributed by atoms with Gasteiger partial charge in [-0.15, -0.1) is 0 Å². The number of benzene rings is 1. The SMILES string of the molecule is CCCC/C=C(/C#N)N(C)c1ccccc1. The van der Waals surface area contributed by atoms with Gasteiger partial charge in [0.05, 0.1) is 0 Å². The lowest BCUT2D eigenvalue weighted by atomic mass is 10.2. The summed E-state index contributed by atoms with van der Waals surface area (Å²) < 4.78 is 0. The van der Waals surface area contributed by atoms with Gasteiger partial charge in [0.25, 0.3) is 0 Å². The molecule has 0 saturated heterocycles. The Hall–Kier alpha value is -1.75. The highest BCUT2D eigenvalue weighted by Gasteiger charge is 2.04. The van der Waals surface area contributed by atoms with Crippen LogP contribution in [0.5, 0.6) is 0 Å². The van der Waals surface area contributed by atoms with E-state index >= 15 is 0 Å². The van der Waals surface area contributed by atoms with Crippen LogP contribution in [-0.2, 0) is 0 Å². The van der Waals surface area contributed by atoms with Gasteiger partial charge in [0.15, 0.2) is 0 Å². The molecule has 0 amide bonds. The first kappa shape index (κ1) is 12.3. The van der Waals surface area contributed by atoms with Gasteiger partial charge in [-0.1, -0.05) is 31.5 Å². The molecule has 2 heteroatoms. The van der Waals surface area contributed by atoms with Crippen molar-refractivity contribution in [1.82, 2.24) is 0 Å². The molecule has 0 aliphatic rings. The number of anilines is 1. The normalized spacial score (nSPS) is 10.9. The molecule has 16 heavy (non-hydrogen) atoms. The van der Waals surface area contributed by atoms with Crippen LogP contribution in [0.4, 0.5) is 5.69 Å². The number of nitriles is 1. The Kier molecular flexibility index (Phi) is 5.15. The van der Waals surface area contributed by atoms with Crippen molar-refractivity contribution in [2.24, 2.45) is 0 Å². The molecule has 1 aromatic carbocycles. The summed E-state index contributed by atoms with van der Waals surface area (Å²) >= 11 is 0. The van der Waals surface area contributed by atoms with Crippen LogP contribution in [0.1, 0.15) is 26.2 Å². The number of unbranched alkanes of at least 4 members (excludes halogenated alkanes) is 2. The van der Waals surface area contributed by atoms with E-state index in [4.69, 9.17) is 5.26 Å². The fraction of sp³-hybridized carbons (Fsp3) is 0.357. The van der Waals surface area contributed by atoms with E-state index in [-0.39, 0.29) is 0 Å². The number of allylic oxidation sites excluding steroid dienone is 2. The first-order valence-corrected chi connectivity index (χ1v) is 5.68. The minimum atomic E-state index is 0.722. The maximum Gasteiger partial charge on any atom is 0.117 e. The molecule has 0 radical (unpaired) electrons. The molecule has 0 fully saturated rings. The fourth-order valence-corrected chi connectivity index (χ4v) is 1.49. The zero-order valence-corrected chi connectivity index (χ0v) is 9.98. The number of hydrogen-bond donors (Lipinski definition) is 0. The van der Waals surface area contributed by atoms with Crippen molar-refractivity contribution in [3.05, 3.63) is 42.1 Å². The van der Waals surface area contributed by atoms with E-state index < -0.39 is 0 Å². The molecule has 0 heterocycles. The molecule has 0 N–H and O–H groups in total. The van der Waals surface area contributed by atoms with Crippen molar-refractivity contribution in [3.63, 3.8) is 0 Å². The lowest BCUT2D eigenvalue weighted by Gasteiger charge is -2.17. The Morgan fingerprint density at radius 1 is 1.38 bits per heavy atom. The molecule has 0 aromatic heterocycles. The molecule has 1 rings (SSSR count). The maximum atomic E-state index is 9.10. The van der Waals surface area contributed by atoms with Gasteiger partial charge in [0, 0.05) is 12.7 Å². The third kappa shape index (κ3) is 3.43. The van der Waals surface area contributed by atoms with Crippen LogP contribution < -0.4 is 4.90 Å². The van der Waals surface area contributed by atoms with Gasteiger partial charge in [-0.25, -0.2) is 0 Å². The van der Waals surface area contributed by atoms with E-state index in [2.05, 4.69) is 13.0 Å². The smallest absolute Gasteiger partial charge is 0.117 e. The lowest BCUT2D eigenvalue weighted by Crippen LogP contribution is -2.14. The molecule has 0 spiro atoms. The Morgan fingerprint density at radius 3 is 2.62 bits per heavy atom. The largest absolute Gasteiger partial charge is 0.336 e. The topological polar surface area (TPSA) is 27.0 Å². The van der Waals surface area contributed by atoms with E-state index in [9.17, 15) is 0 Å². The molecule has 0 unspecified atom stereocenters. The lowest BCUT2D eigenvalue weighted by molar-refractivity contribution is 0.810. The van der Waals surface area contributed by atoms with E-state index in [0.717, 1.165) is 30.6 Å². The van der Waals surface area contributed by atoms with Crippen LogP contribution >= 0.6 is 0 Å². The maximum absolute atomic E-state index is 9.10. The highest BCUT2D eigenvalue weighted by atomic mass is 15.1. The van der Waals surface area contributed by atoms with Gasteiger partial charge >= 0.3 is 0 Å². The van der Waals surface area contributed by atoms with Gasteiger partial charge in [0.1, 0.15) is 11.8 Å². The van der Waals surface area contributed by atoms with Gasteiger partial charge in [0.2, 0.25) is 0 Å². The first-order valence-electron chi connectivity index (χ1n) is 5.68. The van der Waals surface area contributed by atoms with Gasteiger partial charge in [-0.3, -0.25) is 0 Å². The summed E-state index contributed by atoms with van der Waals surface area (Å²) in [5.41, 5.74) is 1.77. The molecule has 84 valence electrons. The molecular formula is C14H18N2. The van der Waals surface area contributed by atoms with Gasteiger partial charge < -0.3 is 4.90 Å². The van der Waals surface area contributed by atoms with Crippen LogP contribution in [0, 0.1) is 11.3 Å². The second-order valence-corrected chi connectivity index (χ2v) is 3.74. The summed E-state index contributed by atoms with van der Waals surface area (Å²) in [7, 11) is 1.93. The minimum Gasteiger partial charge on any atom is -0.336 e. The predicted octanol–water partition coefficient (Wildman–Crippen LogP) is 3.72. The van der Waals surface area contributed by atoms with Crippen molar-refractivity contribution in [2.45, 2.75) is 26.2 Å². The number of rotatable bonds is 5. The van der Waals surface area contributed by atoms with E-state index in [1.165, 1.54) is 0 Å². The van der Waals surface area contributed by atoms with Crippen LogP contribution in [0.15, 0.2) is 42.1 Å². The van der Waals surface area contributed by atoms with Crippen molar-refractivity contribution < 1.29 is 0 Å². The van der Waals surface area contributed by atoms with E-state index in [1.807, 2.05) is 48.4 Å². The molecule has 0 aliphatic carbocycles. The average Bonchev–Trinajstić information content (AvgIpc) is 2.35. The molecule has 0 saturated carbocycles. The molecule has 0 bridgehead atoms. The molecule has 0 aliphatic heterocycles. The molecule has 2 nitrogen and oxygen atoms in total. The monoisotopic (exact) mass is 214 g/mol. The average molecular weight is 214 g/mol. The van der Waals surface area contributed by atoms with Crippen LogP contribution in [0.2, 0.25) is 0 Å². The third-order valence-corrected chi connectivity index (χ3v) is 2.51. The van der Waals surface area contributed by atoms with Gasteiger partial charge in [-0.05, 0) is 31.1 Å². The first-order chi connectivity index (χ1) is 7.79. The quantitative estimate of drug-likeness (QED) is 0.551. The Labute approximate surface area is 97.8 Å². The van der Waals surface area contributed by atoms with Crippen molar-refractivity contribution in [3.8, 4) is 6.07 Å². The fourth-order valence-electron chi connectivity index (χ4n) is 1.49. The summed E-state index contributed by atoms with van der Waals surface area (Å²) in [5.74, 6) is 0. The summed E-state index contributed by atoms with van der Waals surface area (Å²) in [4.78, 5) is 1.93. The van der Waals surface area contributed by atoms with E-state index in [1.54, 1.807) is 0 Å². The van der Waals surface area contributed by atoms with E-state index in [0.29, 0.717) is 0 Å². The van der Waals surface area contributed by atoms with Crippen molar-refractivity contribution >= 4 is 5.69 Å². The zero-order chi connectivity index (χ0) is 11.8. The zero-order valence-electron chi connectivity index (χ0n) is 9.98. The third-order valence-electron chi connectivity index (χ3n) is 2.51. The second kappa shape index (κ2) is 6.68. The predicted molar refractivity (Wildman–Crippen MR) is 68.1 cm³/mol. The summed E-state index contributed by atoms with van der Waals surface area (Å²) in [6.07, 6.45) is 5.27. The Balaban J connectivity index is 2.75. The summed E-state index contributed by atoms with van der Waals surface area (Å²) in [6.45, 7) is 2.15. The second-order valence-electron chi connectivity index (χ2n) is 3.74. The van der Waals surface area contributed by atoms with Gasteiger partial charge in [-0.2, -0.15) is 5.26 Å². The van der Waals surface area contributed by atoms with Crippen LogP contribution in [0.25, 0.3) is 0 Å². The Morgan fingerprint density at radius 2 is 2.06 bits per heavy atom. The molecule has 1 aromatic rings. The minimum absolute atomic E-state index is 0.722. The van der Waals surface area contributed by atoms with Crippen LogP contribution in [0.3, 0.4) is 0 Å². The van der Waals surface area contributed by atoms with Crippen LogP contribution in [-0.4, -0.2) is 7.05 Å². The molecular weight excluding hydrogens is 196 g/mol. The highest BCUT2D eigenvalue weighted by Crippen LogP contribution is 2.16. The Bertz CT molecular complexity index is 373. The standard InChI is InChI=1S/C14H18N2/c1-3-4-6-11-14(12-15)16(2)13-9-7-5-8-10-13/h5,7-11H,3-4,6H2,1-2H3/b14-11-. The number of para-hydroxylation sites is 1. The van der Waals surface area contributed by atoms with Crippen molar-refractivity contribution in [2.75, 3.05) is 11.9 Å². The molecule has 0 atom stereocenters. The number of nitrogens with zero attached hydrogens (tertiary/aromatic N) is 2. The summed E-state index contributed by atoms with van der Waals surface area (Å²) in [5, 5.41) is 9.10. The number of hydrogen-bond acceptors (Lipinski definition) is 2.